The van der Waals surface area contributed by atoms with Crippen LogP contribution >= 0.6 is 15.2 Å². The lowest BCUT2D eigenvalue weighted by atomic mass is 10.3. The van der Waals surface area contributed by atoms with Crippen molar-refractivity contribution < 1.29 is 33.3 Å². The molecule has 0 bridgehead atoms. The van der Waals surface area contributed by atoms with Crippen LogP contribution in [0.1, 0.15) is 12.6 Å². The molecule has 0 aromatic carbocycles. The average Bonchev–Trinajstić information content (AvgIpc) is 2.23. The molecule has 0 amide bonds. The van der Waals surface area contributed by atoms with E-state index in [0.717, 1.165) is 0 Å². The molecule has 0 aliphatic rings. The van der Waals surface area contributed by atoms with Crippen LogP contribution in [-0.4, -0.2) is 30.0 Å². The molecule has 102 valence electrons. The Morgan fingerprint density at radius 3 is 2.17 bits per heavy atom. The molecular formula is C8H15N2O6P2+. The summed E-state index contributed by atoms with van der Waals surface area (Å²) in [7, 11) is -9.78. The highest BCUT2D eigenvalue weighted by Gasteiger charge is 2.44. The Labute approximate surface area is 104 Å². The van der Waals surface area contributed by atoms with Crippen LogP contribution in [0.2, 0.25) is 0 Å². The van der Waals surface area contributed by atoms with Crippen molar-refractivity contribution in [2.24, 2.45) is 0 Å². The van der Waals surface area contributed by atoms with Crippen LogP contribution in [0.4, 0.5) is 0 Å². The third kappa shape index (κ3) is 4.24. The third-order valence-corrected chi connectivity index (χ3v) is 6.09. The van der Waals surface area contributed by atoms with Crippen molar-refractivity contribution in [1.82, 2.24) is 4.98 Å². The summed E-state index contributed by atoms with van der Waals surface area (Å²) in [6.45, 7) is 2.56. The number of rotatable bonds is 5. The van der Waals surface area contributed by atoms with E-state index in [1.807, 2.05) is 6.92 Å². The molecule has 1 aromatic rings. The van der Waals surface area contributed by atoms with E-state index in [4.69, 9.17) is 19.6 Å². The molecule has 0 atom stereocenters. The highest BCUT2D eigenvalue weighted by atomic mass is 31.2. The van der Waals surface area contributed by atoms with Gasteiger partial charge < -0.3 is 19.6 Å². The number of hydrogen-bond acceptors (Lipinski definition) is 3. The van der Waals surface area contributed by atoms with Gasteiger partial charge in [-0.05, 0) is 6.92 Å². The van der Waals surface area contributed by atoms with Gasteiger partial charge in [-0.3, -0.25) is 9.13 Å². The quantitative estimate of drug-likeness (QED) is 0.430. The van der Waals surface area contributed by atoms with Gasteiger partial charge in [0.2, 0.25) is 0 Å². The van der Waals surface area contributed by atoms with E-state index < -0.39 is 27.0 Å². The molecule has 10 heteroatoms. The molecule has 0 aliphatic carbocycles. The predicted molar refractivity (Wildman–Crippen MR) is 61.7 cm³/mol. The van der Waals surface area contributed by atoms with Gasteiger partial charge in [0.05, 0.1) is 12.7 Å². The molecule has 0 saturated heterocycles. The SMILES string of the molecule is CC[n+]1ccc(CC(P(=O)(O)O)P(=O)(O)O)nc1. The van der Waals surface area contributed by atoms with E-state index in [1.54, 1.807) is 10.8 Å². The van der Waals surface area contributed by atoms with E-state index in [2.05, 4.69) is 4.98 Å². The van der Waals surface area contributed by atoms with Crippen LogP contribution in [0.15, 0.2) is 18.6 Å². The first-order valence-corrected chi connectivity index (χ1v) is 8.45. The smallest absolute Gasteiger partial charge is 0.324 e. The monoisotopic (exact) mass is 297 g/mol. The van der Waals surface area contributed by atoms with Crippen molar-refractivity contribution in [3.63, 3.8) is 0 Å². The molecule has 1 rings (SSSR count). The van der Waals surface area contributed by atoms with Crippen molar-refractivity contribution in [3.05, 3.63) is 24.3 Å². The lowest BCUT2D eigenvalue weighted by Gasteiger charge is -2.17. The van der Waals surface area contributed by atoms with Gasteiger partial charge in [0.1, 0.15) is 0 Å². The van der Waals surface area contributed by atoms with Gasteiger partial charge in [-0.25, -0.2) is 4.57 Å². The van der Waals surface area contributed by atoms with Crippen LogP contribution in [0.5, 0.6) is 0 Å². The Hall–Kier alpha value is -0.620. The summed E-state index contributed by atoms with van der Waals surface area (Å²) in [5.74, 6) is 0. The first-order valence-electron chi connectivity index (χ1n) is 5.09. The Balaban J connectivity index is 2.97. The number of aryl methyl sites for hydroxylation is 1. The van der Waals surface area contributed by atoms with Gasteiger partial charge in [0.25, 0.3) is 6.33 Å². The summed E-state index contributed by atoms with van der Waals surface area (Å²) in [6, 6.07) is 1.47. The largest absolute Gasteiger partial charge is 0.341 e. The second-order valence-corrected chi connectivity index (χ2v) is 7.76. The van der Waals surface area contributed by atoms with Crippen molar-refractivity contribution in [2.75, 3.05) is 0 Å². The van der Waals surface area contributed by atoms with Gasteiger partial charge in [-0.1, -0.05) is 4.98 Å². The summed E-state index contributed by atoms with van der Waals surface area (Å²) in [6.07, 6.45) is 2.59. The van der Waals surface area contributed by atoms with Crippen molar-refractivity contribution >= 4 is 15.2 Å². The van der Waals surface area contributed by atoms with Crippen LogP contribution in [0.3, 0.4) is 0 Å². The normalized spacial score (nSPS) is 13.0. The van der Waals surface area contributed by atoms with Gasteiger partial charge in [0, 0.05) is 12.5 Å². The fraction of sp³-hybridized carbons (Fsp3) is 0.500. The number of nitrogens with zero attached hydrogens (tertiary/aromatic N) is 2. The van der Waals surface area contributed by atoms with Gasteiger partial charge in [-0.15, -0.1) is 0 Å². The lowest BCUT2D eigenvalue weighted by molar-refractivity contribution is -0.696. The molecule has 0 aliphatic heterocycles. The second-order valence-electron chi connectivity index (χ2n) is 3.75. The Kier molecular flexibility index (Phi) is 4.78. The zero-order valence-electron chi connectivity index (χ0n) is 9.62. The maximum Gasteiger partial charge on any atom is 0.341 e. The number of hydrogen-bond donors (Lipinski definition) is 4. The van der Waals surface area contributed by atoms with Crippen molar-refractivity contribution in [3.8, 4) is 0 Å². The van der Waals surface area contributed by atoms with Crippen molar-refractivity contribution in [2.45, 2.75) is 25.3 Å². The summed E-state index contributed by atoms with van der Waals surface area (Å²) in [4.78, 5) is 39.7. The molecular weight excluding hydrogens is 282 g/mol. The first kappa shape index (κ1) is 15.4. The predicted octanol–water partition coefficient (Wildman–Crippen LogP) is -0.387. The van der Waals surface area contributed by atoms with E-state index in [0.29, 0.717) is 6.54 Å². The van der Waals surface area contributed by atoms with E-state index >= 15 is 0 Å². The second kappa shape index (κ2) is 5.57. The van der Waals surface area contributed by atoms with Gasteiger partial charge in [-0.2, -0.15) is 0 Å². The highest BCUT2D eigenvalue weighted by molar-refractivity contribution is 7.70. The fourth-order valence-corrected chi connectivity index (χ4v) is 3.76. The zero-order valence-corrected chi connectivity index (χ0v) is 11.4. The minimum absolute atomic E-state index is 0.219. The zero-order chi connectivity index (χ0) is 14.0. The average molecular weight is 297 g/mol. The molecule has 0 spiro atoms. The van der Waals surface area contributed by atoms with Crippen molar-refractivity contribution in [1.29, 1.82) is 0 Å². The van der Waals surface area contributed by atoms with Gasteiger partial charge in [0.15, 0.2) is 11.1 Å². The summed E-state index contributed by atoms with van der Waals surface area (Å²) < 4.78 is 23.9. The summed E-state index contributed by atoms with van der Waals surface area (Å²) >= 11 is 0. The molecule has 0 saturated carbocycles. The summed E-state index contributed by atoms with van der Waals surface area (Å²) in [5, 5.41) is -2.05. The standard InChI is InChI=1S/C8H14N2O6P2/c1-2-10-4-3-7(9-6-10)5-8(17(11,12)13)18(14,15)16/h3-4,6,8H,2,5H2,1H3,(H3-,11,12,13,14,15,16)/p+1. The topological polar surface area (TPSA) is 132 Å². The minimum Gasteiger partial charge on any atom is -0.324 e. The molecule has 1 aromatic heterocycles. The molecule has 0 fully saturated rings. The third-order valence-electron chi connectivity index (χ3n) is 2.36. The molecule has 4 N–H and O–H groups in total. The highest BCUT2D eigenvalue weighted by Crippen LogP contribution is 2.60. The fourth-order valence-electron chi connectivity index (χ4n) is 1.34. The Bertz CT molecular complexity index is 471. The lowest BCUT2D eigenvalue weighted by Crippen LogP contribution is -2.32. The maximum absolute atomic E-state index is 11.1. The molecule has 8 nitrogen and oxygen atoms in total. The Morgan fingerprint density at radius 1 is 1.28 bits per heavy atom. The van der Waals surface area contributed by atoms with Crippen LogP contribution in [-0.2, 0) is 22.1 Å². The summed E-state index contributed by atoms with van der Waals surface area (Å²) in [5.41, 5.74) is 0.219. The van der Waals surface area contributed by atoms with Crippen LogP contribution < -0.4 is 4.57 Å². The first-order chi connectivity index (χ1) is 8.14. The Morgan fingerprint density at radius 2 is 1.83 bits per heavy atom. The molecule has 0 unspecified atom stereocenters. The molecule has 18 heavy (non-hydrogen) atoms. The van der Waals surface area contributed by atoms with E-state index in [-0.39, 0.29) is 5.69 Å². The van der Waals surface area contributed by atoms with E-state index in [9.17, 15) is 9.13 Å². The van der Waals surface area contributed by atoms with Crippen LogP contribution in [0, 0.1) is 0 Å². The molecule has 1 heterocycles. The van der Waals surface area contributed by atoms with Gasteiger partial charge >= 0.3 is 15.2 Å². The van der Waals surface area contributed by atoms with E-state index in [1.165, 1.54) is 12.4 Å². The maximum atomic E-state index is 11.1. The van der Waals surface area contributed by atoms with Crippen LogP contribution in [0.25, 0.3) is 0 Å². The molecule has 0 radical (unpaired) electrons. The minimum atomic E-state index is -4.89. The number of aromatic nitrogens is 2.